The van der Waals surface area contributed by atoms with Gasteiger partial charge in [-0.15, -0.1) is 0 Å². The summed E-state index contributed by atoms with van der Waals surface area (Å²) in [6.07, 6.45) is 0.376. The Morgan fingerprint density at radius 2 is 1.50 bits per heavy atom. The molecule has 0 spiro atoms. The average molecular weight is 144 g/mol. The lowest BCUT2D eigenvalue weighted by Crippen LogP contribution is -2.15. The summed E-state index contributed by atoms with van der Waals surface area (Å²) in [5.41, 5.74) is 0. The van der Waals surface area contributed by atoms with Crippen molar-refractivity contribution < 1.29 is 4.74 Å². The third kappa shape index (κ3) is 4.80. The normalized spacial score (nSPS) is 14.7. The predicted molar refractivity (Wildman–Crippen MR) is 45.1 cm³/mol. The van der Waals surface area contributed by atoms with E-state index in [9.17, 15) is 0 Å². The molecule has 0 fully saturated rings. The van der Waals surface area contributed by atoms with Crippen molar-refractivity contribution in [2.24, 2.45) is 11.8 Å². The molecule has 0 rings (SSSR count). The molecule has 62 valence electrons. The highest BCUT2D eigenvalue weighted by molar-refractivity contribution is 4.55. The monoisotopic (exact) mass is 144 g/mol. The van der Waals surface area contributed by atoms with E-state index in [-0.39, 0.29) is 0 Å². The van der Waals surface area contributed by atoms with Crippen LogP contribution in [0.15, 0.2) is 0 Å². The fourth-order valence-corrected chi connectivity index (χ4v) is 0.537. The fourth-order valence-electron chi connectivity index (χ4n) is 0.537. The molecule has 10 heavy (non-hydrogen) atoms. The zero-order chi connectivity index (χ0) is 8.15. The van der Waals surface area contributed by atoms with Crippen molar-refractivity contribution in [2.45, 2.75) is 40.7 Å². The van der Waals surface area contributed by atoms with Gasteiger partial charge in [-0.25, -0.2) is 0 Å². The molecule has 0 amide bonds. The summed E-state index contributed by atoms with van der Waals surface area (Å²) >= 11 is 0. The summed E-state index contributed by atoms with van der Waals surface area (Å²) in [5.74, 6) is 1.42. The van der Waals surface area contributed by atoms with Crippen LogP contribution in [0, 0.1) is 11.8 Å². The highest BCUT2D eigenvalue weighted by Gasteiger charge is 2.07. The molecule has 1 nitrogen and oxygen atoms in total. The first-order chi connectivity index (χ1) is 4.54. The summed E-state index contributed by atoms with van der Waals surface area (Å²) in [7, 11) is 0. The quantitative estimate of drug-likeness (QED) is 0.589. The molecule has 0 aromatic rings. The van der Waals surface area contributed by atoms with Gasteiger partial charge in [0.2, 0.25) is 0 Å². The third-order valence-electron chi connectivity index (χ3n) is 1.83. The topological polar surface area (TPSA) is 9.23 Å². The Bertz CT molecular complexity index is 76.8. The molecule has 0 saturated carbocycles. The molecular weight excluding hydrogens is 124 g/mol. The van der Waals surface area contributed by atoms with E-state index >= 15 is 0 Å². The van der Waals surface area contributed by atoms with Crippen molar-refractivity contribution in [3.05, 3.63) is 0 Å². The summed E-state index contributed by atoms with van der Waals surface area (Å²) in [4.78, 5) is 0. The molecule has 0 aliphatic rings. The van der Waals surface area contributed by atoms with E-state index < -0.39 is 0 Å². The van der Waals surface area contributed by atoms with Gasteiger partial charge in [-0.1, -0.05) is 20.8 Å². The minimum absolute atomic E-state index is 0.376. The number of hydrogen-bond donors (Lipinski definition) is 0. The van der Waals surface area contributed by atoms with E-state index in [0.29, 0.717) is 12.0 Å². The fraction of sp³-hybridized carbons (Fsp3) is 1.00. The van der Waals surface area contributed by atoms with Crippen LogP contribution < -0.4 is 0 Å². The lowest BCUT2D eigenvalue weighted by Gasteiger charge is -2.16. The van der Waals surface area contributed by atoms with Crippen molar-refractivity contribution in [3.8, 4) is 0 Å². The molecule has 0 aliphatic carbocycles. The van der Waals surface area contributed by atoms with Crippen LogP contribution in [-0.4, -0.2) is 12.7 Å². The minimum Gasteiger partial charge on any atom is -0.379 e. The second kappa shape index (κ2) is 4.73. The maximum atomic E-state index is 5.46. The number of ether oxygens (including phenoxy) is 1. The second-order valence-electron chi connectivity index (χ2n) is 3.60. The standard InChI is InChI=1S/C9H20O/c1-7(2)9(5)6-10-8(3)4/h7-9H,6H2,1-5H3/t9-/m0/s1. The van der Waals surface area contributed by atoms with Gasteiger partial charge in [0, 0.05) is 6.61 Å². The van der Waals surface area contributed by atoms with Crippen LogP contribution in [0.25, 0.3) is 0 Å². The van der Waals surface area contributed by atoms with Crippen LogP contribution in [0.3, 0.4) is 0 Å². The largest absolute Gasteiger partial charge is 0.379 e. The maximum Gasteiger partial charge on any atom is 0.0519 e. The van der Waals surface area contributed by atoms with E-state index in [1.165, 1.54) is 0 Å². The summed E-state index contributed by atoms with van der Waals surface area (Å²) in [6.45, 7) is 11.7. The SMILES string of the molecule is CC(C)OC[C@H](C)C(C)C. The first-order valence-electron chi connectivity index (χ1n) is 4.15. The van der Waals surface area contributed by atoms with Crippen LogP contribution in [0.1, 0.15) is 34.6 Å². The van der Waals surface area contributed by atoms with Gasteiger partial charge >= 0.3 is 0 Å². The predicted octanol–water partition coefficient (Wildman–Crippen LogP) is 2.70. The molecule has 0 heterocycles. The first kappa shape index (κ1) is 9.96. The molecular formula is C9H20O. The van der Waals surface area contributed by atoms with Crippen LogP contribution in [0.2, 0.25) is 0 Å². The molecule has 0 aromatic carbocycles. The highest BCUT2D eigenvalue weighted by atomic mass is 16.5. The van der Waals surface area contributed by atoms with Gasteiger partial charge in [-0.3, -0.25) is 0 Å². The Labute approximate surface area is 64.8 Å². The van der Waals surface area contributed by atoms with Gasteiger partial charge in [0.25, 0.3) is 0 Å². The van der Waals surface area contributed by atoms with Crippen molar-refractivity contribution in [3.63, 3.8) is 0 Å². The van der Waals surface area contributed by atoms with E-state index in [1.54, 1.807) is 0 Å². The minimum atomic E-state index is 0.376. The molecule has 1 atom stereocenters. The average Bonchev–Trinajstić information content (AvgIpc) is 1.82. The Morgan fingerprint density at radius 1 is 1.00 bits per heavy atom. The Kier molecular flexibility index (Phi) is 4.71. The third-order valence-corrected chi connectivity index (χ3v) is 1.83. The molecule has 0 unspecified atom stereocenters. The maximum absolute atomic E-state index is 5.46. The van der Waals surface area contributed by atoms with Crippen LogP contribution in [0.5, 0.6) is 0 Å². The van der Waals surface area contributed by atoms with E-state index in [1.807, 2.05) is 0 Å². The molecule has 0 bridgehead atoms. The van der Waals surface area contributed by atoms with Crippen molar-refractivity contribution >= 4 is 0 Å². The number of hydrogen-bond acceptors (Lipinski definition) is 1. The Balaban J connectivity index is 3.30. The highest BCUT2D eigenvalue weighted by Crippen LogP contribution is 2.10. The summed E-state index contributed by atoms with van der Waals surface area (Å²) in [6, 6.07) is 0. The molecule has 0 radical (unpaired) electrons. The van der Waals surface area contributed by atoms with Gasteiger partial charge in [0.15, 0.2) is 0 Å². The molecule has 0 aliphatic heterocycles. The lowest BCUT2D eigenvalue weighted by atomic mass is 9.99. The Morgan fingerprint density at radius 3 is 1.80 bits per heavy atom. The smallest absolute Gasteiger partial charge is 0.0519 e. The van der Waals surface area contributed by atoms with E-state index in [4.69, 9.17) is 4.74 Å². The number of rotatable bonds is 4. The summed E-state index contributed by atoms with van der Waals surface area (Å²) < 4.78 is 5.46. The molecule has 0 saturated heterocycles. The zero-order valence-corrected chi connectivity index (χ0v) is 7.85. The summed E-state index contributed by atoms with van der Waals surface area (Å²) in [5, 5.41) is 0. The van der Waals surface area contributed by atoms with Crippen LogP contribution in [0.4, 0.5) is 0 Å². The molecule has 0 N–H and O–H groups in total. The first-order valence-corrected chi connectivity index (χ1v) is 4.15. The van der Waals surface area contributed by atoms with Crippen LogP contribution >= 0.6 is 0 Å². The van der Waals surface area contributed by atoms with Crippen molar-refractivity contribution in [1.29, 1.82) is 0 Å². The van der Waals surface area contributed by atoms with Crippen molar-refractivity contribution in [2.75, 3.05) is 6.61 Å². The second-order valence-corrected chi connectivity index (χ2v) is 3.60. The Hall–Kier alpha value is -0.0400. The van der Waals surface area contributed by atoms with Crippen molar-refractivity contribution in [1.82, 2.24) is 0 Å². The van der Waals surface area contributed by atoms with Gasteiger partial charge in [-0.05, 0) is 25.7 Å². The lowest BCUT2D eigenvalue weighted by molar-refractivity contribution is 0.0443. The van der Waals surface area contributed by atoms with E-state index in [0.717, 1.165) is 12.5 Å². The van der Waals surface area contributed by atoms with Gasteiger partial charge < -0.3 is 4.74 Å². The molecule has 0 aromatic heterocycles. The van der Waals surface area contributed by atoms with Gasteiger partial charge in [0.1, 0.15) is 0 Å². The van der Waals surface area contributed by atoms with Gasteiger partial charge in [0.05, 0.1) is 6.10 Å². The zero-order valence-electron chi connectivity index (χ0n) is 7.85. The van der Waals surface area contributed by atoms with Crippen LogP contribution in [-0.2, 0) is 4.74 Å². The molecule has 1 heteroatoms. The van der Waals surface area contributed by atoms with E-state index in [2.05, 4.69) is 34.6 Å². The van der Waals surface area contributed by atoms with Gasteiger partial charge in [-0.2, -0.15) is 0 Å².